The highest BCUT2D eigenvalue weighted by Gasteiger charge is 2.55. The highest BCUT2D eigenvalue weighted by molar-refractivity contribution is 5.94. The fraction of sp³-hybridized carbons (Fsp3) is 0.500. The molecule has 84 valence electrons. The maximum absolute atomic E-state index is 11.9. The summed E-state index contributed by atoms with van der Waals surface area (Å²) in [6.45, 7) is 0. The smallest absolute Gasteiger partial charge is 0.251 e. The van der Waals surface area contributed by atoms with Gasteiger partial charge in [-0.2, -0.15) is 0 Å². The third-order valence-corrected chi connectivity index (χ3v) is 4.13. The minimum Gasteiger partial charge on any atom is -0.349 e. The fourth-order valence-corrected chi connectivity index (χ4v) is 3.01. The normalized spacial score (nSPS) is 25.6. The van der Waals surface area contributed by atoms with Crippen LogP contribution in [0.4, 0.5) is 0 Å². The number of amides is 1. The zero-order valence-corrected chi connectivity index (χ0v) is 9.41. The van der Waals surface area contributed by atoms with Gasteiger partial charge in [-0.3, -0.25) is 4.79 Å². The summed E-state index contributed by atoms with van der Waals surface area (Å²) in [5.41, 5.74) is 1.27. The lowest BCUT2D eigenvalue weighted by atomic mass is 10.1. The van der Waals surface area contributed by atoms with E-state index in [0.29, 0.717) is 11.5 Å². The summed E-state index contributed by atoms with van der Waals surface area (Å²) in [6, 6.07) is 9.95. The molecule has 1 amide bonds. The molecule has 0 bridgehead atoms. The van der Waals surface area contributed by atoms with Crippen molar-refractivity contribution in [2.45, 2.75) is 38.1 Å². The Hall–Kier alpha value is -1.31. The van der Waals surface area contributed by atoms with Gasteiger partial charge in [0.15, 0.2) is 0 Å². The molecule has 1 aromatic rings. The van der Waals surface area contributed by atoms with Crippen LogP contribution in [0.3, 0.4) is 0 Å². The molecule has 2 nitrogen and oxygen atoms in total. The first-order valence-corrected chi connectivity index (χ1v) is 6.16. The van der Waals surface area contributed by atoms with Gasteiger partial charge in [-0.05, 0) is 36.8 Å². The van der Waals surface area contributed by atoms with E-state index >= 15 is 0 Å². The van der Waals surface area contributed by atoms with Gasteiger partial charge in [-0.25, -0.2) is 0 Å². The van der Waals surface area contributed by atoms with Gasteiger partial charge in [0.2, 0.25) is 0 Å². The Labute approximate surface area is 96.1 Å². The van der Waals surface area contributed by atoms with Crippen molar-refractivity contribution >= 4 is 5.91 Å². The maximum Gasteiger partial charge on any atom is 0.251 e. The van der Waals surface area contributed by atoms with Gasteiger partial charge in [-0.1, -0.05) is 31.0 Å². The molecule has 16 heavy (non-hydrogen) atoms. The van der Waals surface area contributed by atoms with Crippen molar-refractivity contribution in [3.05, 3.63) is 35.9 Å². The molecule has 2 aliphatic carbocycles. The van der Waals surface area contributed by atoms with Crippen LogP contribution < -0.4 is 5.32 Å². The van der Waals surface area contributed by atoms with Crippen LogP contribution in [-0.2, 0) is 0 Å². The Bertz CT molecular complexity index is 392. The molecule has 1 aromatic carbocycles. The van der Waals surface area contributed by atoms with E-state index in [4.69, 9.17) is 0 Å². The quantitative estimate of drug-likeness (QED) is 0.807. The van der Waals surface area contributed by atoms with Crippen LogP contribution in [0, 0.1) is 5.41 Å². The van der Waals surface area contributed by atoms with Gasteiger partial charge < -0.3 is 5.32 Å². The van der Waals surface area contributed by atoms with Crippen molar-refractivity contribution in [1.82, 2.24) is 5.32 Å². The molecule has 0 radical (unpaired) electrons. The average Bonchev–Trinajstić information content (AvgIpc) is 2.74. The van der Waals surface area contributed by atoms with Crippen LogP contribution >= 0.6 is 0 Å². The standard InChI is InChI=1S/C14H17NO/c16-13(11-6-2-1-3-7-11)15-12-10-14(12)8-4-5-9-14/h1-3,6-7,12H,4-5,8-10H2,(H,15,16). The maximum atomic E-state index is 11.9. The average molecular weight is 215 g/mol. The Balaban J connectivity index is 1.63. The van der Waals surface area contributed by atoms with E-state index in [2.05, 4.69) is 5.32 Å². The lowest BCUT2D eigenvalue weighted by molar-refractivity contribution is 0.0945. The van der Waals surface area contributed by atoms with Gasteiger partial charge in [-0.15, -0.1) is 0 Å². The first kappa shape index (κ1) is 9.88. The van der Waals surface area contributed by atoms with Gasteiger partial charge in [0, 0.05) is 11.6 Å². The zero-order valence-electron chi connectivity index (χ0n) is 9.41. The second kappa shape index (κ2) is 3.62. The molecule has 0 saturated heterocycles. The van der Waals surface area contributed by atoms with Crippen molar-refractivity contribution in [2.75, 3.05) is 0 Å². The van der Waals surface area contributed by atoms with Crippen LogP contribution in [-0.4, -0.2) is 11.9 Å². The lowest BCUT2D eigenvalue weighted by Crippen LogP contribution is -2.28. The van der Waals surface area contributed by atoms with Gasteiger partial charge in [0.25, 0.3) is 5.91 Å². The molecule has 2 aliphatic rings. The van der Waals surface area contributed by atoms with E-state index in [1.54, 1.807) is 0 Å². The summed E-state index contributed by atoms with van der Waals surface area (Å²) < 4.78 is 0. The highest BCUT2D eigenvalue weighted by Crippen LogP contribution is 2.57. The van der Waals surface area contributed by atoms with Crippen molar-refractivity contribution in [1.29, 1.82) is 0 Å². The molecule has 1 unspecified atom stereocenters. The Morgan fingerprint density at radius 2 is 1.88 bits per heavy atom. The fourth-order valence-electron chi connectivity index (χ4n) is 3.01. The number of hydrogen-bond donors (Lipinski definition) is 1. The monoisotopic (exact) mass is 215 g/mol. The SMILES string of the molecule is O=C(NC1CC12CCCC2)c1ccccc1. The van der Waals surface area contributed by atoms with Crippen molar-refractivity contribution in [2.24, 2.45) is 5.41 Å². The number of benzene rings is 1. The number of hydrogen-bond acceptors (Lipinski definition) is 1. The molecule has 3 rings (SSSR count). The van der Waals surface area contributed by atoms with E-state index in [-0.39, 0.29) is 5.91 Å². The van der Waals surface area contributed by atoms with Crippen LogP contribution in [0.15, 0.2) is 30.3 Å². The predicted molar refractivity (Wildman–Crippen MR) is 63.2 cm³/mol. The second-order valence-corrected chi connectivity index (χ2v) is 5.17. The van der Waals surface area contributed by atoms with Crippen LogP contribution in [0.5, 0.6) is 0 Å². The third kappa shape index (κ3) is 1.62. The Kier molecular flexibility index (Phi) is 2.23. The molecule has 1 spiro atoms. The molecule has 1 atom stereocenters. The van der Waals surface area contributed by atoms with Gasteiger partial charge >= 0.3 is 0 Å². The predicted octanol–water partition coefficient (Wildman–Crippen LogP) is 2.75. The molecule has 1 N–H and O–H groups in total. The minimum atomic E-state index is 0.0920. The molecule has 2 heteroatoms. The largest absolute Gasteiger partial charge is 0.349 e. The van der Waals surface area contributed by atoms with Crippen LogP contribution in [0.1, 0.15) is 42.5 Å². The molecule has 0 aliphatic heterocycles. The Morgan fingerprint density at radius 1 is 1.19 bits per heavy atom. The van der Waals surface area contributed by atoms with Gasteiger partial charge in [0.05, 0.1) is 0 Å². The van der Waals surface area contributed by atoms with E-state index in [1.165, 1.54) is 32.1 Å². The molecular weight excluding hydrogens is 198 g/mol. The summed E-state index contributed by atoms with van der Waals surface area (Å²) in [4.78, 5) is 11.9. The second-order valence-electron chi connectivity index (χ2n) is 5.17. The van der Waals surface area contributed by atoms with E-state index in [1.807, 2.05) is 30.3 Å². The summed E-state index contributed by atoms with van der Waals surface area (Å²) in [6.07, 6.45) is 6.51. The lowest BCUT2D eigenvalue weighted by Gasteiger charge is -2.09. The van der Waals surface area contributed by atoms with Crippen LogP contribution in [0.25, 0.3) is 0 Å². The highest BCUT2D eigenvalue weighted by atomic mass is 16.1. The summed E-state index contributed by atoms with van der Waals surface area (Å²) >= 11 is 0. The van der Waals surface area contributed by atoms with E-state index < -0.39 is 0 Å². The molecule has 0 heterocycles. The molecule has 0 aromatic heterocycles. The van der Waals surface area contributed by atoms with Gasteiger partial charge in [0.1, 0.15) is 0 Å². The zero-order chi connectivity index (χ0) is 11.0. The number of carbonyl (C=O) groups excluding carboxylic acids is 1. The summed E-state index contributed by atoms with van der Waals surface area (Å²) in [5.74, 6) is 0.0920. The van der Waals surface area contributed by atoms with E-state index in [9.17, 15) is 4.79 Å². The Morgan fingerprint density at radius 3 is 2.56 bits per heavy atom. The first-order chi connectivity index (χ1) is 7.80. The van der Waals surface area contributed by atoms with Crippen molar-refractivity contribution in [3.63, 3.8) is 0 Å². The van der Waals surface area contributed by atoms with Crippen molar-refractivity contribution in [3.8, 4) is 0 Å². The molecular formula is C14H17NO. The first-order valence-electron chi connectivity index (χ1n) is 6.16. The van der Waals surface area contributed by atoms with Crippen molar-refractivity contribution < 1.29 is 4.79 Å². The topological polar surface area (TPSA) is 29.1 Å². The number of nitrogens with one attached hydrogen (secondary N) is 1. The number of rotatable bonds is 2. The summed E-state index contributed by atoms with van der Waals surface area (Å²) in [5, 5.41) is 3.16. The minimum absolute atomic E-state index is 0.0920. The van der Waals surface area contributed by atoms with Crippen LogP contribution in [0.2, 0.25) is 0 Å². The van der Waals surface area contributed by atoms with E-state index in [0.717, 1.165) is 5.56 Å². The molecule has 2 saturated carbocycles. The molecule has 2 fully saturated rings. The number of carbonyl (C=O) groups is 1. The third-order valence-electron chi connectivity index (χ3n) is 4.13. The summed E-state index contributed by atoms with van der Waals surface area (Å²) in [7, 11) is 0.